The SMILES string of the molecule is Cc1cc(NN)cc(C)c1S(=O)(=O)NC(C)c1nn[nH]n1. The summed E-state index contributed by atoms with van der Waals surface area (Å²) in [5.74, 6) is 5.62. The van der Waals surface area contributed by atoms with Crippen LogP contribution in [0.25, 0.3) is 0 Å². The molecule has 0 fully saturated rings. The highest BCUT2D eigenvalue weighted by molar-refractivity contribution is 7.89. The number of hydrazine groups is 1. The normalized spacial score (nSPS) is 13.1. The maximum Gasteiger partial charge on any atom is 0.241 e. The number of sulfonamides is 1. The van der Waals surface area contributed by atoms with E-state index in [1.165, 1.54) is 0 Å². The van der Waals surface area contributed by atoms with Crippen LogP contribution in [0.15, 0.2) is 17.0 Å². The van der Waals surface area contributed by atoms with Crippen molar-refractivity contribution in [2.75, 3.05) is 5.43 Å². The monoisotopic (exact) mass is 311 g/mol. The lowest BCUT2D eigenvalue weighted by atomic mass is 10.1. The van der Waals surface area contributed by atoms with Crippen molar-refractivity contribution in [3.8, 4) is 0 Å². The Bertz CT molecular complexity index is 704. The molecule has 0 saturated carbocycles. The molecule has 114 valence electrons. The lowest BCUT2D eigenvalue weighted by molar-refractivity contribution is 0.559. The number of benzene rings is 1. The van der Waals surface area contributed by atoms with Gasteiger partial charge in [-0.05, 0) is 44.0 Å². The van der Waals surface area contributed by atoms with Gasteiger partial charge in [0.1, 0.15) is 0 Å². The lowest BCUT2D eigenvalue weighted by Crippen LogP contribution is -2.29. The maximum atomic E-state index is 12.5. The molecule has 0 aliphatic heterocycles. The zero-order chi connectivity index (χ0) is 15.6. The molecule has 2 aromatic rings. The van der Waals surface area contributed by atoms with Crippen molar-refractivity contribution in [2.45, 2.75) is 31.7 Å². The van der Waals surface area contributed by atoms with Gasteiger partial charge in [-0.3, -0.25) is 5.84 Å². The Balaban J connectivity index is 2.36. The van der Waals surface area contributed by atoms with Crippen molar-refractivity contribution < 1.29 is 8.42 Å². The van der Waals surface area contributed by atoms with Gasteiger partial charge >= 0.3 is 0 Å². The molecule has 1 aromatic heterocycles. The number of anilines is 1. The summed E-state index contributed by atoms with van der Waals surface area (Å²) in [5.41, 5.74) is 4.34. The largest absolute Gasteiger partial charge is 0.324 e. The van der Waals surface area contributed by atoms with Gasteiger partial charge in [0.25, 0.3) is 0 Å². The van der Waals surface area contributed by atoms with Crippen LogP contribution in [-0.2, 0) is 10.0 Å². The van der Waals surface area contributed by atoms with Gasteiger partial charge in [0.05, 0.1) is 10.9 Å². The second kappa shape index (κ2) is 5.76. The number of aryl methyl sites for hydroxylation is 2. The number of nitrogens with one attached hydrogen (secondary N) is 3. The summed E-state index contributed by atoms with van der Waals surface area (Å²) in [6, 6.07) is 2.74. The molecule has 1 unspecified atom stereocenters. The van der Waals surface area contributed by atoms with E-state index in [0.717, 1.165) is 0 Å². The van der Waals surface area contributed by atoms with E-state index in [2.05, 4.69) is 30.8 Å². The first kappa shape index (κ1) is 15.4. The van der Waals surface area contributed by atoms with Gasteiger partial charge in [-0.25, -0.2) is 13.1 Å². The molecular weight excluding hydrogens is 294 g/mol. The molecule has 0 aliphatic rings. The number of tetrazole rings is 1. The Hall–Kier alpha value is -2.04. The van der Waals surface area contributed by atoms with Crippen LogP contribution < -0.4 is 16.0 Å². The second-order valence-electron chi connectivity index (χ2n) is 4.70. The van der Waals surface area contributed by atoms with Gasteiger partial charge in [0, 0.05) is 5.69 Å². The molecule has 5 N–H and O–H groups in total. The van der Waals surface area contributed by atoms with Crippen LogP contribution in [0.4, 0.5) is 5.69 Å². The highest BCUT2D eigenvalue weighted by atomic mass is 32.2. The van der Waals surface area contributed by atoms with Gasteiger partial charge in [0.2, 0.25) is 10.0 Å². The molecule has 1 heterocycles. The van der Waals surface area contributed by atoms with Crippen molar-refractivity contribution in [1.29, 1.82) is 0 Å². The number of nitrogen functional groups attached to an aromatic ring is 1. The van der Waals surface area contributed by atoms with E-state index in [4.69, 9.17) is 5.84 Å². The Morgan fingerprint density at radius 3 is 2.38 bits per heavy atom. The number of hydrogen-bond donors (Lipinski definition) is 4. The standard InChI is InChI=1S/C11H17N7O2S/c1-6-4-9(13-12)5-7(2)10(6)21(19,20)16-8(3)11-14-17-18-15-11/h4-5,8,13,16H,12H2,1-3H3,(H,14,15,17,18). The van der Waals surface area contributed by atoms with E-state index in [0.29, 0.717) is 16.8 Å². The van der Waals surface area contributed by atoms with Gasteiger partial charge in [-0.15, -0.1) is 10.2 Å². The smallest absolute Gasteiger partial charge is 0.241 e. The number of nitrogens with two attached hydrogens (primary N) is 1. The summed E-state index contributed by atoms with van der Waals surface area (Å²) < 4.78 is 27.6. The molecule has 0 amide bonds. The summed E-state index contributed by atoms with van der Waals surface area (Å²) in [7, 11) is -3.71. The van der Waals surface area contributed by atoms with Gasteiger partial charge in [0.15, 0.2) is 5.82 Å². The van der Waals surface area contributed by atoms with Crippen LogP contribution >= 0.6 is 0 Å². The van der Waals surface area contributed by atoms with Crippen LogP contribution in [0.3, 0.4) is 0 Å². The summed E-state index contributed by atoms with van der Waals surface area (Å²) in [4.78, 5) is 0.219. The molecule has 0 bridgehead atoms. The maximum absolute atomic E-state index is 12.5. The predicted octanol–water partition coefficient (Wildman–Crippen LogP) is 0.142. The number of hydrogen-bond acceptors (Lipinski definition) is 7. The summed E-state index contributed by atoms with van der Waals surface area (Å²) in [6.07, 6.45) is 0. The van der Waals surface area contributed by atoms with E-state index in [9.17, 15) is 8.42 Å². The lowest BCUT2D eigenvalue weighted by Gasteiger charge is -2.16. The molecule has 1 aromatic carbocycles. The summed E-state index contributed by atoms with van der Waals surface area (Å²) >= 11 is 0. The zero-order valence-corrected chi connectivity index (χ0v) is 12.7. The third-order valence-corrected chi connectivity index (χ3v) is 4.82. The number of nitrogens with zero attached hydrogens (tertiary/aromatic N) is 3. The Morgan fingerprint density at radius 2 is 1.90 bits per heavy atom. The minimum absolute atomic E-state index is 0.219. The first-order valence-corrected chi connectivity index (χ1v) is 7.67. The fourth-order valence-electron chi connectivity index (χ4n) is 2.15. The average Bonchev–Trinajstić information content (AvgIpc) is 2.90. The van der Waals surface area contributed by atoms with Crippen LogP contribution in [0.2, 0.25) is 0 Å². The van der Waals surface area contributed by atoms with E-state index >= 15 is 0 Å². The molecular formula is C11H17N7O2S. The molecule has 21 heavy (non-hydrogen) atoms. The average molecular weight is 311 g/mol. The molecule has 0 spiro atoms. The molecule has 0 radical (unpaired) electrons. The number of H-pyrrole nitrogens is 1. The highest BCUT2D eigenvalue weighted by Crippen LogP contribution is 2.25. The van der Waals surface area contributed by atoms with Crippen LogP contribution in [0.5, 0.6) is 0 Å². The first-order valence-electron chi connectivity index (χ1n) is 6.18. The van der Waals surface area contributed by atoms with Gasteiger partial charge < -0.3 is 5.43 Å². The number of aromatic nitrogens is 4. The van der Waals surface area contributed by atoms with Crippen LogP contribution in [-0.4, -0.2) is 29.0 Å². The fourth-order valence-corrected chi connectivity index (χ4v) is 3.81. The molecule has 0 aliphatic carbocycles. The van der Waals surface area contributed by atoms with Crippen molar-refractivity contribution in [1.82, 2.24) is 25.3 Å². The van der Waals surface area contributed by atoms with E-state index in [-0.39, 0.29) is 10.7 Å². The van der Waals surface area contributed by atoms with E-state index < -0.39 is 16.1 Å². The van der Waals surface area contributed by atoms with Gasteiger partial charge in [-0.1, -0.05) is 5.21 Å². The van der Waals surface area contributed by atoms with E-state index in [1.807, 2.05) is 0 Å². The Labute approximate surface area is 122 Å². The molecule has 2 rings (SSSR count). The Kier molecular flexibility index (Phi) is 4.21. The Morgan fingerprint density at radius 1 is 1.29 bits per heavy atom. The molecule has 0 saturated heterocycles. The topological polar surface area (TPSA) is 139 Å². The predicted molar refractivity (Wildman–Crippen MR) is 76.6 cm³/mol. The fraction of sp³-hybridized carbons (Fsp3) is 0.364. The minimum atomic E-state index is -3.71. The summed E-state index contributed by atoms with van der Waals surface area (Å²) in [5, 5.41) is 13.2. The van der Waals surface area contributed by atoms with Crippen LogP contribution in [0.1, 0.15) is 29.9 Å². The molecule has 1 atom stereocenters. The third-order valence-electron chi connectivity index (χ3n) is 2.98. The molecule has 10 heteroatoms. The quantitative estimate of drug-likeness (QED) is 0.455. The highest BCUT2D eigenvalue weighted by Gasteiger charge is 2.24. The minimum Gasteiger partial charge on any atom is -0.324 e. The van der Waals surface area contributed by atoms with Crippen LogP contribution in [0, 0.1) is 13.8 Å². The van der Waals surface area contributed by atoms with Gasteiger partial charge in [-0.2, -0.15) is 5.21 Å². The first-order chi connectivity index (χ1) is 9.85. The number of aromatic amines is 1. The van der Waals surface area contributed by atoms with Crippen molar-refractivity contribution in [2.24, 2.45) is 5.84 Å². The summed E-state index contributed by atoms with van der Waals surface area (Å²) in [6.45, 7) is 5.06. The third kappa shape index (κ3) is 3.17. The second-order valence-corrected chi connectivity index (χ2v) is 6.35. The van der Waals surface area contributed by atoms with Crippen molar-refractivity contribution >= 4 is 15.7 Å². The zero-order valence-electron chi connectivity index (χ0n) is 11.9. The molecule has 9 nitrogen and oxygen atoms in total. The van der Waals surface area contributed by atoms with Crippen molar-refractivity contribution in [3.05, 3.63) is 29.1 Å². The van der Waals surface area contributed by atoms with Crippen molar-refractivity contribution in [3.63, 3.8) is 0 Å². The number of rotatable bonds is 5. The van der Waals surface area contributed by atoms with E-state index in [1.54, 1.807) is 32.9 Å².